The van der Waals surface area contributed by atoms with Gasteiger partial charge in [-0.05, 0) is 53.3 Å². The number of ether oxygens (including phenoxy) is 1. The Morgan fingerprint density at radius 1 is 1.00 bits per heavy atom. The molecule has 0 spiro atoms. The summed E-state index contributed by atoms with van der Waals surface area (Å²) in [5.41, 5.74) is 2.09. The zero-order chi connectivity index (χ0) is 24.3. The Labute approximate surface area is 203 Å². The number of rotatable bonds is 12. The van der Waals surface area contributed by atoms with E-state index in [1.54, 1.807) is 12.0 Å². The Kier molecular flexibility index (Phi) is 9.51. The second kappa shape index (κ2) is 12.8. The van der Waals surface area contributed by atoms with Gasteiger partial charge in [-0.3, -0.25) is 9.59 Å². The van der Waals surface area contributed by atoms with Crippen LogP contribution in [0.5, 0.6) is 5.75 Å². The van der Waals surface area contributed by atoms with Crippen LogP contribution in [0.25, 0.3) is 10.8 Å². The summed E-state index contributed by atoms with van der Waals surface area (Å²) in [5, 5.41) is 5.36. The Hall–Kier alpha value is -3.34. The standard InChI is InChI=1S/C29H36N2O3/c1-4-6-19-30-29(33)27(5-2)31(21-22-11-9-15-25(20-22)34-3)28(32)18-17-24-14-10-13-23-12-7-8-16-26(23)24/h7-16,20,27H,4-6,17-19,21H2,1-3H3,(H,30,33)/t27-/m1/s1. The van der Waals surface area contributed by atoms with Crippen molar-refractivity contribution in [2.24, 2.45) is 0 Å². The number of unbranched alkanes of at least 4 members (excludes halogenated alkanes) is 1. The predicted molar refractivity (Wildman–Crippen MR) is 138 cm³/mol. The molecule has 2 amide bonds. The minimum atomic E-state index is -0.511. The van der Waals surface area contributed by atoms with Gasteiger partial charge in [0.05, 0.1) is 7.11 Å². The Balaban J connectivity index is 1.81. The third kappa shape index (κ3) is 6.60. The molecule has 0 aromatic heterocycles. The Bertz CT molecular complexity index is 1090. The largest absolute Gasteiger partial charge is 0.497 e. The fraction of sp³-hybridized carbons (Fsp3) is 0.379. The highest BCUT2D eigenvalue weighted by Gasteiger charge is 2.28. The summed E-state index contributed by atoms with van der Waals surface area (Å²) in [4.78, 5) is 28.3. The maximum absolute atomic E-state index is 13.6. The van der Waals surface area contributed by atoms with Crippen LogP contribution < -0.4 is 10.1 Å². The van der Waals surface area contributed by atoms with Crippen molar-refractivity contribution in [1.29, 1.82) is 0 Å². The van der Waals surface area contributed by atoms with E-state index in [1.807, 2.05) is 49.4 Å². The normalized spacial score (nSPS) is 11.7. The lowest BCUT2D eigenvalue weighted by Crippen LogP contribution is -2.49. The van der Waals surface area contributed by atoms with Gasteiger partial charge in [0.1, 0.15) is 11.8 Å². The van der Waals surface area contributed by atoms with Gasteiger partial charge in [0.15, 0.2) is 0 Å². The molecule has 34 heavy (non-hydrogen) atoms. The summed E-state index contributed by atoms with van der Waals surface area (Å²) in [6, 6.07) is 21.6. The molecule has 3 aromatic carbocycles. The van der Waals surface area contributed by atoms with E-state index in [4.69, 9.17) is 4.74 Å². The quantitative estimate of drug-likeness (QED) is 0.363. The number of aryl methyl sites for hydroxylation is 1. The highest BCUT2D eigenvalue weighted by atomic mass is 16.5. The van der Waals surface area contributed by atoms with E-state index >= 15 is 0 Å². The molecule has 0 fully saturated rings. The van der Waals surface area contributed by atoms with Gasteiger partial charge in [0.25, 0.3) is 0 Å². The van der Waals surface area contributed by atoms with Gasteiger partial charge in [-0.25, -0.2) is 0 Å². The van der Waals surface area contributed by atoms with Gasteiger partial charge in [-0.2, -0.15) is 0 Å². The first-order valence-electron chi connectivity index (χ1n) is 12.2. The zero-order valence-corrected chi connectivity index (χ0v) is 20.5. The van der Waals surface area contributed by atoms with Gasteiger partial charge < -0.3 is 15.0 Å². The van der Waals surface area contributed by atoms with Crippen molar-refractivity contribution in [2.75, 3.05) is 13.7 Å². The maximum atomic E-state index is 13.6. The molecule has 0 aliphatic heterocycles. The number of carbonyl (C=O) groups excluding carboxylic acids is 2. The van der Waals surface area contributed by atoms with Crippen LogP contribution >= 0.6 is 0 Å². The van der Waals surface area contributed by atoms with E-state index in [0.29, 0.717) is 32.4 Å². The van der Waals surface area contributed by atoms with E-state index in [9.17, 15) is 9.59 Å². The predicted octanol–water partition coefficient (Wildman–Crippen LogP) is 5.50. The smallest absolute Gasteiger partial charge is 0.242 e. The van der Waals surface area contributed by atoms with Gasteiger partial charge in [0.2, 0.25) is 11.8 Å². The third-order valence-electron chi connectivity index (χ3n) is 6.19. The van der Waals surface area contributed by atoms with Crippen molar-refractivity contribution in [3.63, 3.8) is 0 Å². The second-order valence-electron chi connectivity index (χ2n) is 8.58. The number of fused-ring (bicyclic) bond motifs is 1. The van der Waals surface area contributed by atoms with Crippen LogP contribution in [0.15, 0.2) is 66.7 Å². The van der Waals surface area contributed by atoms with Crippen LogP contribution in [0.4, 0.5) is 0 Å². The first-order chi connectivity index (χ1) is 16.6. The molecule has 0 heterocycles. The molecule has 1 atom stereocenters. The molecular formula is C29H36N2O3. The van der Waals surface area contributed by atoms with Crippen molar-refractivity contribution in [1.82, 2.24) is 10.2 Å². The number of amides is 2. The van der Waals surface area contributed by atoms with Crippen molar-refractivity contribution in [3.05, 3.63) is 77.9 Å². The lowest BCUT2D eigenvalue weighted by atomic mass is 10.00. The average Bonchev–Trinajstić information content (AvgIpc) is 2.87. The summed E-state index contributed by atoms with van der Waals surface area (Å²) < 4.78 is 5.36. The highest BCUT2D eigenvalue weighted by molar-refractivity contribution is 5.89. The van der Waals surface area contributed by atoms with Crippen molar-refractivity contribution < 1.29 is 14.3 Å². The van der Waals surface area contributed by atoms with Crippen molar-refractivity contribution in [3.8, 4) is 5.75 Å². The minimum Gasteiger partial charge on any atom is -0.497 e. The zero-order valence-electron chi connectivity index (χ0n) is 20.5. The number of nitrogens with zero attached hydrogens (tertiary/aromatic N) is 1. The summed E-state index contributed by atoms with van der Waals surface area (Å²) in [6.07, 6.45) is 3.46. The number of carbonyl (C=O) groups is 2. The summed E-state index contributed by atoms with van der Waals surface area (Å²) in [7, 11) is 1.63. The van der Waals surface area contributed by atoms with Crippen molar-refractivity contribution in [2.45, 2.75) is 58.5 Å². The van der Waals surface area contributed by atoms with Crippen LogP contribution in [-0.2, 0) is 22.6 Å². The molecule has 0 aliphatic carbocycles. The first-order valence-corrected chi connectivity index (χ1v) is 12.2. The Morgan fingerprint density at radius 3 is 2.53 bits per heavy atom. The molecule has 3 rings (SSSR count). The molecule has 0 unspecified atom stereocenters. The lowest BCUT2D eigenvalue weighted by Gasteiger charge is -2.31. The van der Waals surface area contributed by atoms with Gasteiger partial charge in [-0.1, -0.05) is 74.9 Å². The first kappa shape index (κ1) is 25.3. The lowest BCUT2D eigenvalue weighted by molar-refractivity contribution is -0.141. The fourth-order valence-electron chi connectivity index (χ4n) is 4.29. The number of hydrogen-bond acceptors (Lipinski definition) is 3. The monoisotopic (exact) mass is 460 g/mol. The SMILES string of the molecule is CCCCNC(=O)[C@@H](CC)N(Cc1cccc(OC)c1)C(=O)CCc1cccc2ccccc12. The highest BCUT2D eigenvalue weighted by Crippen LogP contribution is 2.22. The fourth-order valence-corrected chi connectivity index (χ4v) is 4.29. The van der Waals surface area contributed by atoms with Gasteiger partial charge in [-0.15, -0.1) is 0 Å². The Morgan fingerprint density at radius 2 is 1.76 bits per heavy atom. The number of methoxy groups -OCH3 is 1. The molecule has 0 saturated carbocycles. The van der Waals surface area contributed by atoms with Crippen LogP contribution in [0.2, 0.25) is 0 Å². The minimum absolute atomic E-state index is 0.0201. The topological polar surface area (TPSA) is 58.6 Å². The number of benzene rings is 3. The molecule has 5 nitrogen and oxygen atoms in total. The second-order valence-corrected chi connectivity index (χ2v) is 8.58. The van der Waals surface area contributed by atoms with E-state index in [2.05, 4.69) is 36.5 Å². The molecule has 5 heteroatoms. The van der Waals surface area contributed by atoms with Gasteiger partial charge >= 0.3 is 0 Å². The van der Waals surface area contributed by atoms with Crippen LogP contribution in [0.1, 0.15) is 50.7 Å². The average molecular weight is 461 g/mol. The molecule has 0 radical (unpaired) electrons. The van der Waals surface area contributed by atoms with Crippen LogP contribution in [0.3, 0.4) is 0 Å². The van der Waals surface area contributed by atoms with E-state index in [1.165, 1.54) is 10.8 Å². The van der Waals surface area contributed by atoms with Crippen LogP contribution in [-0.4, -0.2) is 36.4 Å². The van der Waals surface area contributed by atoms with E-state index in [0.717, 1.165) is 29.7 Å². The molecule has 0 bridgehead atoms. The molecule has 1 N–H and O–H groups in total. The molecular weight excluding hydrogens is 424 g/mol. The molecule has 180 valence electrons. The summed E-state index contributed by atoms with van der Waals surface area (Å²) in [6.45, 7) is 5.05. The van der Waals surface area contributed by atoms with Gasteiger partial charge in [0, 0.05) is 19.5 Å². The van der Waals surface area contributed by atoms with E-state index < -0.39 is 6.04 Å². The maximum Gasteiger partial charge on any atom is 0.242 e. The number of hydrogen-bond donors (Lipinski definition) is 1. The van der Waals surface area contributed by atoms with E-state index in [-0.39, 0.29) is 11.8 Å². The van der Waals surface area contributed by atoms with Crippen molar-refractivity contribution >= 4 is 22.6 Å². The summed E-state index contributed by atoms with van der Waals surface area (Å²) in [5.74, 6) is 0.631. The summed E-state index contributed by atoms with van der Waals surface area (Å²) >= 11 is 0. The molecule has 0 saturated heterocycles. The van der Waals surface area contributed by atoms with Crippen LogP contribution in [0, 0.1) is 0 Å². The third-order valence-corrected chi connectivity index (χ3v) is 6.19. The number of nitrogens with one attached hydrogen (secondary N) is 1. The molecule has 3 aromatic rings. The molecule has 0 aliphatic rings.